The van der Waals surface area contributed by atoms with Gasteiger partial charge in [-0.15, -0.1) is 0 Å². The van der Waals surface area contributed by atoms with Crippen molar-refractivity contribution in [3.63, 3.8) is 0 Å². The molecule has 1 amide bonds. The van der Waals surface area contributed by atoms with Crippen LogP contribution >= 0.6 is 0 Å². The molecule has 1 aliphatic rings. The highest BCUT2D eigenvalue weighted by Crippen LogP contribution is 2.19. The second-order valence-corrected chi connectivity index (χ2v) is 7.85. The number of carbonyl (C=O) groups is 1. The van der Waals surface area contributed by atoms with E-state index in [9.17, 15) is 4.79 Å². The van der Waals surface area contributed by atoms with Crippen molar-refractivity contribution in [2.24, 2.45) is 5.73 Å². The van der Waals surface area contributed by atoms with Gasteiger partial charge in [-0.05, 0) is 49.2 Å². The van der Waals surface area contributed by atoms with E-state index in [4.69, 9.17) is 17.2 Å². The smallest absolute Gasteiger partial charge is 0.250 e. The molecule has 7 nitrogen and oxygen atoms in total. The quantitative estimate of drug-likeness (QED) is 0.504. The summed E-state index contributed by atoms with van der Waals surface area (Å²) in [5.41, 5.74) is 20.8. The van der Waals surface area contributed by atoms with Crippen LogP contribution in [-0.4, -0.2) is 61.0 Å². The zero-order valence-corrected chi connectivity index (χ0v) is 17.1. The normalized spacial score (nSPS) is 16.4. The van der Waals surface area contributed by atoms with Crippen molar-refractivity contribution < 1.29 is 4.79 Å². The SMILES string of the molecule is CC(CN1CCN(CCc2ccc(N)cc2)CC1)Nc1ccc(N)cc1C(N)=O. The van der Waals surface area contributed by atoms with E-state index in [1.54, 1.807) is 12.1 Å². The number of hydrogen-bond donors (Lipinski definition) is 4. The lowest BCUT2D eigenvalue weighted by Crippen LogP contribution is -2.49. The second-order valence-electron chi connectivity index (χ2n) is 7.85. The number of rotatable bonds is 8. The Labute approximate surface area is 172 Å². The van der Waals surface area contributed by atoms with E-state index in [1.165, 1.54) is 5.56 Å². The minimum absolute atomic E-state index is 0.193. The summed E-state index contributed by atoms with van der Waals surface area (Å²) in [6, 6.07) is 13.6. The van der Waals surface area contributed by atoms with Gasteiger partial charge in [-0.2, -0.15) is 0 Å². The Morgan fingerprint density at radius 3 is 2.28 bits per heavy atom. The fourth-order valence-electron chi connectivity index (χ4n) is 3.76. The summed E-state index contributed by atoms with van der Waals surface area (Å²) in [6.45, 7) is 8.31. The topological polar surface area (TPSA) is 114 Å². The standard InChI is InChI=1S/C22H32N6O/c1-16(26-21-7-6-19(24)14-20(21)22(25)29)15-28-12-10-27(11-13-28)9-8-17-2-4-18(23)5-3-17/h2-7,14,16,26H,8-13,15,23-24H2,1H3,(H2,25,29). The third-order valence-corrected chi connectivity index (χ3v) is 5.40. The molecule has 1 aliphatic heterocycles. The van der Waals surface area contributed by atoms with E-state index >= 15 is 0 Å². The first-order valence-corrected chi connectivity index (χ1v) is 10.2. The van der Waals surface area contributed by atoms with Crippen LogP contribution in [0.1, 0.15) is 22.8 Å². The Balaban J connectivity index is 1.43. The molecule has 1 unspecified atom stereocenters. The highest BCUT2D eigenvalue weighted by atomic mass is 16.1. The van der Waals surface area contributed by atoms with E-state index in [0.29, 0.717) is 11.3 Å². The first-order valence-electron chi connectivity index (χ1n) is 10.2. The van der Waals surface area contributed by atoms with E-state index < -0.39 is 5.91 Å². The number of nitrogen functional groups attached to an aromatic ring is 2. The van der Waals surface area contributed by atoms with Crippen molar-refractivity contribution in [2.75, 3.05) is 56.1 Å². The Hall–Kier alpha value is -2.77. The number of piperazine rings is 1. The average Bonchev–Trinajstić information content (AvgIpc) is 2.70. The fourth-order valence-corrected chi connectivity index (χ4v) is 3.76. The number of nitrogens with one attached hydrogen (secondary N) is 1. The monoisotopic (exact) mass is 396 g/mol. The summed E-state index contributed by atoms with van der Waals surface area (Å²) in [5.74, 6) is -0.471. The first kappa shape index (κ1) is 21.0. The van der Waals surface area contributed by atoms with Gasteiger partial charge in [0.1, 0.15) is 0 Å². The Morgan fingerprint density at radius 2 is 1.62 bits per heavy atom. The van der Waals surface area contributed by atoms with Gasteiger partial charge in [0.2, 0.25) is 0 Å². The van der Waals surface area contributed by atoms with Crippen LogP contribution in [0.2, 0.25) is 0 Å². The summed E-state index contributed by atoms with van der Waals surface area (Å²) < 4.78 is 0. The molecule has 7 N–H and O–H groups in total. The van der Waals surface area contributed by atoms with Crippen molar-refractivity contribution in [1.29, 1.82) is 0 Å². The molecule has 29 heavy (non-hydrogen) atoms. The van der Waals surface area contributed by atoms with Gasteiger partial charge in [-0.25, -0.2) is 0 Å². The van der Waals surface area contributed by atoms with Crippen LogP contribution in [0, 0.1) is 0 Å². The molecular weight excluding hydrogens is 364 g/mol. The molecule has 1 heterocycles. The van der Waals surface area contributed by atoms with Gasteiger partial charge in [0.25, 0.3) is 5.91 Å². The van der Waals surface area contributed by atoms with Gasteiger partial charge in [-0.1, -0.05) is 12.1 Å². The Morgan fingerprint density at radius 1 is 1.00 bits per heavy atom. The number of primary amides is 1. The maximum Gasteiger partial charge on any atom is 0.250 e. The summed E-state index contributed by atoms with van der Waals surface area (Å²) in [4.78, 5) is 16.6. The van der Waals surface area contributed by atoms with Gasteiger partial charge < -0.3 is 27.4 Å². The van der Waals surface area contributed by atoms with Crippen molar-refractivity contribution in [3.8, 4) is 0 Å². The largest absolute Gasteiger partial charge is 0.399 e. The lowest BCUT2D eigenvalue weighted by atomic mass is 10.1. The molecule has 0 aromatic heterocycles. The predicted octanol–water partition coefficient (Wildman–Crippen LogP) is 1.61. The van der Waals surface area contributed by atoms with Crippen LogP contribution in [0.25, 0.3) is 0 Å². The highest BCUT2D eigenvalue weighted by Gasteiger charge is 2.19. The maximum atomic E-state index is 11.7. The summed E-state index contributed by atoms with van der Waals surface area (Å²) in [5, 5.41) is 3.41. The minimum Gasteiger partial charge on any atom is -0.399 e. The predicted molar refractivity (Wildman–Crippen MR) is 120 cm³/mol. The molecule has 0 aliphatic carbocycles. The van der Waals surface area contributed by atoms with Crippen molar-refractivity contribution >= 4 is 23.0 Å². The third-order valence-electron chi connectivity index (χ3n) is 5.40. The molecule has 2 aromatic rings. The lowest BCUT2D eigenvalue weighted by Gasteiger charge is -2.36. The van der Waals surface area contributed by atoms with Crippen LogP contribution in [0.15, 0.2) is 42.5 Å². The van der Waals surface area contributed by atoms with Crippen LogP contribution in [-0.2, 0) is 6.42 Å². The van der Waals surface area contributed by atoms with Crippen LogP contribution in [0.5, 0.6) is 0 Å². The number of benzene rings is 2. The third kappa shape index (κ3) is 6.10. The number of anilines is 3. The molecule has 7 heteroatoms. The van der Waals surface area contributed by atoms with Gasteiger partial charge in [0, 0.05) is 62.4 Å². The van der Waals surface area contributed by atoms with E-state index in [1.807, 2.05) is 18.2 Å². The molecule has 1 saturated heterocycles. The molecule has 1 fully saturated rings. The zero-order valence-electron chi connectivity index (χ0n) is 17.1. The van der Waals surface area contributed by atoms with Gasteiger partial charge in [0.05, 0.1) is 5.56 Å². The molecule has 0 spiro atoms. The molecular formula is C22H32N6O. The summed E-state index contributed by atoms with van der Waals surface area (Å²) >= 11 is 0. The van der Waals surface area contributed by atoms with Crippen molar-refractivity contribution in [1.82, 2.24) is 9.80 Å². The molecule has 0 radical (unpaired) electrons. The number of carbonyl (C=O) groups excluding carboxylic acids is 1. The second kappa shape index (κ2) is 9.62. The van der Waals surface area contributed by atoms with Crippen molar-refractivity contribution in [2.45, 2.75) is 19.4 Å². The van der Waals surface area contributed by atoms with E-state index in [0.717, 1.165) is 57.1 Å². The van der Waals surface area contributed by atoms with E-state index in [2.05, 4.69) is 34.2 Å². The first-order chi connectivity index (χ1) is 13.9. The van der Waals surface area contributed by atoms with Crippen molar-refractivity contribution in [3.05, 3.63) is 53.6 Å². The summed E-state index contributed by atoms with van der Waals surface area (Å²) in [6.07, 6.45) is 1.05. The van der Waals surface area contributed by atoms with Crippen LogP contribution < -0.4 is 22.5 Å². The van der Waals surface area contributed by atoms with Gasteiger partial charge in [0.15, 0.2) is 0 Å². The molecule has 156 valence electrons. The average molecular weight is 397 g/mol. The molecule has 0 saturated carbocycles. The Kier molecular flexibility index (Phi) is 6.95. The van der Waals surface area contributed by atoms with Gasteiger partial charge >= 0.3 is 0 Å². The number of amides is 1. The number of nitrogens with two attached hydrogens (primary N) is 3. The summed E-state index contributed by atoms with van der Waals surface area (Å²) in [7, 11) is 0. The maximum absolute atomic E-state index is 11.7. The van der Waals surface area contributed by atoms with E-state index in [-0.39, 0.29) is 6.04 Å². The highest BCUT2D eigenvalue weighted by molar-refractivity contribution is 5.99. The number of nitrogens with zero attached hydrogens (tertiary/aromatic N) is 2. The molecule has 0 bridgehead atoms. The zero-order chi connectivity index (χ0) is 20.8. The van der Waals surface area contributed by atoms with Crippen LogP contribution in [0.3, 0.4) is 0 Å². The molecule has 1 atom stereocenters. The van der Waals surface area contributed by atoms with Gasteiger partial charge in [-0.3, -0.25) is 9.69 Å². The molecule has 3 rings (SSSR count). The number of hydrogen-bond acceptors (Lipinski definition) is 6. The Bertz CT molecular complexity index is 815. The fraction of sp³-hybridized carbons (Fsp3) is 0.409. The lowest BCUT2D eigenvalue weighted by molar-refractivity contribution is 0.100. The van der Waals surface area contributed by atoms with Crippen LogP contribution in [0.4, 0.5) is 17.1 Å². The minimum atomic E-state index is -0.471. The molecule has 2 aromatic carbocycles.